The summed E-state index contributed by atoms with van der Waals surface area (Å²) in [7, 11) is 0. The van der Waals surface area contributed by atoms with Gasteiger partial charge in [-0.2, -0.15) is 0 Å². The molecule has 0 aliphatic rings. The third kappa shape index (κ3) is 4.49. The number of halogens is 1. The van der Waals surface area contributed by atoms with Crippen molar-refractivity contribution in [2.24, 2.45) is 5.92 Å². The highest BCUT2D eigenvalue weighted by Gasteiger charge is 2.29. The van der Waals surface area contributed by atoms with Gasteiger partial charge in [-0.1, -0.05) is 84.4 Å². The van der Waals surface area contributed by atoms with Crippen molar-refractivity contribution in [3.05, 3.63) is 107 Å². The molecule has 0 heterocycles. The summed E-state index contributed by atoms with van der Waals surface area (Å²) in [6, 6.07) is 26.5. The minimum absolute atomic E-state index is 0.369. The van der Waals surface area contributed by atoms with Gasteiger partial charge in [0.2, 0.25) is 0 Å². The Labute approximate surface area is 153 Å². The Hall–Kier alpha value is -2.13. The zero-order valence-electron chi connectivity index (χ0n) is 13.8. The SMILES string of the molecule is O[C@H](c1ccccc1)C(Cc1ccc(Cl)cc1)[C@H](O)c1ccccc1. The Morgan fingerprint density at radius 3 is 1.52 bits per heavy atom. The van der Waals surface area contributed by atoms with E-state index in [0.29, 0.717) is 11.4 Å². The zero-order chi connectivity index (χ0) is 17.6. The lowest BCUT2D eigenvalue weighted by Gasteiger charge is -2.28. The van der Waals surface area contributed by atoms with Gasteiger partial charge in [-0.05, 0) is 35.2 Å². The van der Waals surface area contributed by atoms with E-state index in [0.717, 1.165) is 16.7 Å². The number of aliphatic hydroxyl groups excluding tert-OH is 2. The van der Waals surface area contributed by atoms with E-state index < -0.39 is 12.2 Å². The summed E-state index contributed by atoms with van der Waals surface area (Å²) < 4.78 is 0. The van der Waals surface area contributed by atoms with Gasteiger partial charge in [0.25, 0.3) is 0 Å². The lowest BCUT2D eigenvalue weighted by molar-refractivity contribution is 0.00998. The molecule has 3 aromatic rings. The lowest BCUT2D eigenvalue weighted by Crippen LogP contribution is -2.23. The molecule has 25 heavy (non-hydrogen) atoms. The monoisotopic (exact) mass is 352 g/mol. The summed E-state index contributed by atoms with van der Waals surface area (Å²) in [6.45, 7) is 0. The maximum atomic E-state index is 10.9. The van der Waals surface area contributed by atoms with Gasteiger partial charge >= 0.3 is 0 Å². The molecule has 0 fully saturated rings. The van der Waals surface area contributed by atoms with Gasteiger partial charge < -0.3 is 10.2 Å². The second kappa shape index (κ2) is 8.30. The van der Waals surface area contributed by atoms with E-state index in [1.807, 2.05) is 84.9 Å². The van der Waals surface area contributed by atoms with Crippen molar-refractivity contribution in [2.45, 2.75) is 18.6 Å². The molecule has 0 spiro atoms. The van der Waals surface area contributed by atoms with Crippen LogP contribution < -0.4 is 0 Å². The Morgan fingerprint density at radius 2 is 1.08 bits per heavy atom. The molecule has 0 radical (unpaired) electrons. The molecule has 0 saturated carbocycles. The summed E-state index contributed by atoms with van der Waals surface area (Å²) in [6.07, 6.45) is -0.998. The van der Waals surface area contributed by atoms with Crippen LogP contribution in [-0.4, -0.2) is 10.2 Å². The maximum absolute atomic E-state index is 10.9. The smallest absolute Gasteiger partial charge is 0.0849 e. The Bertz CT molecular complexity index is 727. The number of aliphatic hydroxyl groups is 2. The van der Waals surface area contributed by atoms with Gasteiger partial charge in [0.15, 0.2) is 0 Å². The van der Waals surface area contributed by atoms with Gasteiger partial charge in [-0.25, -0.2) is 0 Å². The van der Waals surface area contributed by atoms with Crippen molar-refractivity contribution in [1.82, 2.24) is 0 Å². The maximum Gasteiger partial charge on any atom is 0.0849 e. The molecule has 2 nitrogen and oxygen atoms in total. The average molecular weight is 353 g/mol. The second-order valence-electron chi connectivity index (χ2n) is 6.21. The molecule has 0 unspecified atom stereocenters. The van der Waals surface area contributed by atoms with Crippen LogP contribution in [0.5, 0.6) is 0 Å². The van der Waals surface area contributed by atoms with E-state index >= 15 is 0 Å². The molecule has 3 aromatic carbocycles. The molecule has 2 atom stereocenters. The molecule has 3 rings (SSSR count). The van der Waals surface area contributed by atoms with E-state index in [-0.39, 0.29) is 5.92 Å². The third-order valence-electron chi connectivity index (χ3n) is 4.48. The van der Waals surface area contributed by atoms with Crippen LogP contribution in [0.3, 0.4) is 0 Å². The van der Waals surface area contributed by atoms with Crippen molar-refractivity contribution >= 4 is 11.6 Å². The topological polar surface area (TPSA) is 40.5 Å². The Kier molecular flexibility index (Phi) is 5.87. The summed E-state index contributed by atoms with van der Waals surface area (Å²) >= 11 is 5.97. The fourth-order valence-electron chi connectivity index (χ4n) is 3.08. The summed E-state index contributed by atoms with van der Waals surface area (Å²) in [5.41, 5.74) is 2.63. The third-order valence-corrected chi connectivity index (χ3v) is 4.73. The minimum Gasteiger partial charge on any atom is -0.388 e. The predicted molar refractivity (Wildman–Crippen MR) is 101 cm³/mol. The standard InChI is InChI=1S/C22H21ClO2/c23-19-13-11-16(12-14-19)15-20(21(24)17-7-3-1-4-8-17)22(25)18-9-5-2-6-10-18/h1-14,20-22,24-25H,15H2/t21-,22-/m1/s1. The number of benzene rings is 3. The predicted octanol–water partition coefficient (Wildman–Crippen LogP) is 4.97. The zero-order valence-corrected chi connectivity index (χ0v) is 14.6. The largest absolute Gasteiger partial charge is 0.388 e. The van der Waals surface area contributed by atoms with Gasteiger partial charge in [-0.3, -0.25) is 0 Å². The molecule has 0 saturated heterocycles. The summed E-state index contributed by atoms with van der Waals surface area (Å²) in [5.74, 6) is -0.369. The van der Waals surface area contributed by atoms with Crippen LogP contribution in [0.25, 0.3) is 0 Å². The molecule has 3 heteroatoms. The fraction of sp³-hybridized carbons (Fsp3) is 0.182. The Balaban J connectivity index is 1.91. The Morgan fingerprint density at radius 1 is 0.640 bits per heavy atom. The van der Waals surface area contributed by atoms with E-state index in [2.05, 4.69) is 0 Å². The van der Waals surface area contributed by atoms with Gasteiger partial charge in [0, 0.05) is 10.9 Å². The van der Waals surface area contributed by atoms with E-state index in [9.17, 15) is 10.2 Å². The highest BCUT2D eigenvalue weighted by molar-refractivity contribution is 6.30. The van der Waals surface area contributed by atoms with Crippen molar-refractivity contribution in [2.75, 3.05) is 0 Å². The van der Waals surface area contributed by atoms with Crippen LogP contribution in [0.4, 0.5) is 0 Å². The van der Waals surface area contributed by atoms with Crippen molar-refractivity contribution in [3.63, 3.8) is 0 Å². The minimum atomic E-state index is -0.771. The van der Waals surface area contributed by atoms with Crippen LogP contribution in [0, 0.1) is 5.92 Å². The van der Waals surface area contributed by atoms with Gasteiger partial charge in [0.05, 0.1) is 12.2 Å². The highest BCUT2D eigenvalue weighted by atomic mass is 35.5. The van der Waals surface area contributed by atoms with E-state index in [1.165, 1.54) is 0 Å². The molecule has 0 aromatic heterocycles. The first kappa shape index (κ1) is 17.7. The molecular weight excluding hydrogens is 332 g/mol. The quantitative estimate of drug-likeness (QED) is 0.657. The van der Waals surface area contributed by atoms with Gasteiger partial charge in [0.1, 0.15) is 0 Å². The van der Waals surface area contributed by atoms with Gasteiger partial charge in [-0.15, -0.1) is 0 Å². The lowest BCUT2D eigenvalue weighted by atomic mass is 9.83. The molecule has 0 amide bonds. The summed E-state index contributed by atoms with van der Waals surface area (Å²) in [4.78, 5) is 0. The molecule has 0 aliphatic carbocycles. The van der Waals surface area contributed by atoms with Crippen LogP contribution in [-0.2, 0) is 6.42 Å². The second-order valence-corrected chi connectivity index (χ2v) is 6.64. The van der Waals surface area contributed by atoms with E-state index in [4.69, 9.17) is 11.6 Å². The number of hydrogen-bond donors (Lipinski definition) is 2. The van der Waals surface area contributed by atoms with Crippen molar-refractivity contribution in [1.29, 1.82) is 0 Å². The van der Waals surface area contributed by atoms with Crippen molar-refractivity contribution in [3.8, 4) is 0 Å². The molecule has 0 bridgehead atoms. The summed E-state index contributed by atoms with van der Waals surface area (Å²) in [5, 5.41) is 22.6. The number of hydrogen-bond acceptors (Lipinski definition) is 2. The normalized spacial score (nSPS) is 13.6. The number of rotatable bonds is 6. The highest BCUT2D eigenvalue weighted by Crippen LogP contribution is 2.35. The first-order valence-corrected chi connectivity index (χ1v) is 8.73. The molecule has 128 valence electrons. The fourth-order valence-corrected chi connectivity index (χ4v) is 3.21. The van der Waals surface area contributed by atoms with Crippen LogP contribution >= 0.6 is 11.6 Å². The van der Waals surface area contributed by atoms with Crippen LogP contribution in [0.15, 0.2) is 84.9 Å². The van der Waals surface area contributed by atoms with Crippen molar-refractivity contribution < 1.29 is 10.2 Å². The first-order valence-electron chi connectivity index (χ1n) is 8.35. The van der Waals surface area contributed by atoms with E-state index in [1.54, 1.807) is 0 Å². The van der Waals surface area contributed by atoms with Crippen LogP contribution in [0.2, 0.25) is 5.02 Å². The molecular formula is C22H21ClO2. The average Bonchev–Trinajstić information content (AvgIpc) is 2.68. The van der Waals surface area contributed by atoms with Crippen LogP contribution in [0.1, 0.15) is 28.9 Å². The molecule has 2 N–H and O–H groups in total. The molecule has 0 aliphatic heterocycles. The first-order chi connectivity index (χ1) is 12.1.